The van der Waals surface area contributed by atoms with Crippen molar-refractivity contribution in [1.29, 1.82) is 0 Å². The third-order valence-electron chi connectivity index (χ3n) is 6.35. The predicted octanol–water partition coefficient (Wildman–Crippen LogP) is 1.43. The van der Waals surface area contributed by atoms with Crippen LogP contribution in [0.15, 0.2) is 41.4 Å². The lowest BCUT2D eigenvalue weighted by Gasteiger charge is -2.20. The van der Waals surface area contributed by atoms with Gasteiger partial charge < -0.3 is 20.1 Å². The van der Waals surface area contributed by atoms with Gasteiger partial charge in [0.2, 0.25) is 11.8 Å². The highest BCUT2D eigenvalue weighted by Gasteiger charge is 2.58. The lowest BCUT2D eigenvalue weighted by Crippen LogP contribution is -2.45. The molecule has 1 heterocycles. The van der Waals surface area contributed by atoms with Crippen molar-refractivity contribution in [3.63, 3.8) is 0 Å². The number of fused-ring (bicyclic) bond motifs is 5. The molecule has 1 aliphatic heterocycles. The van der Waals surface area contributed by atoms with Gasteiger partial charge in [0, 0.05) is 26.2 Å². The number of carbonyl (C=O) groups excluding carboxylic acids is 2. The van der Waals surface area contributed by atoms with Crippen LogP contribution in [0.5, 0.6) is 11.5 Å². The first kappa shape index (κ1) is 21.2. The van der Waals surface area contributed by atoms with Crippen LogP contribution in [0.4, 0.5) is 0 Å². The molecule has 5 atom stereocenters. The second kappa shape index (κ2) is 8.99. The van der Waals surface area contributed by atoms with Crippen molar-refractivity contribution in [1.82, 2.24) is 15.5 Å². The summed E-state index contributed by atoms with van der Waals surface area (Å²) in [6, 6.07) is 7.47. The summed E-state index contributed by atoms with van der Waals surface area (Å²) in [4.78, 5) is 31.1. The number of ether oxygens (including phenoxy) is 2. The molecular formula is C23H30N4O4. The Kier molecular flexibility index (Phi) is 6.15. The molecular weight excluding hydrogens is 396 g/mol. The highest BCUT2D eigenvalue weighted by atomic mass is 16.5. The van der Waals surface area contributed by atoms with Crippen LogP contribution >= 0.6 is 0 Å². The van der Waals surface area contributed by atoms with Gasteiger partial charge in [-0.1, -0.05) is 18.2 Å². The molecule has 8 nitrogen and oxygen atoms in total. The van der Waals surface area contributed by atoms with Crippen molar-refractivity contribution in [3.8, 4) is 11.5 Å². The Labute approximate surface area is 182 Å². The van der Waals surface area contributed by atoms with E-state index in [-0.39, 0.29) is 41.6 Å². The van der Waals surface area contributed by atoms with Gasteiger partial charge >= 0.3 is 0 Å². The van der Waals surface area contributed by atoms with E-state index in [0.29, 0.717) is 25.6 Å². The molecule has 2 aliphatic carbocycles. The number of allylic oxidation sites excluding steroid dienone is 2. The molecule has 8 heteroatoms. The molecule has 0 spiro atoms. The van der Waals surface area contributed by atoms with Crippen LogP contribution in [-0.4, -0.2) is 62.6 Å². The van der Waals surface area contributed by atoms with E-state index in [1.807, 2.05) is 31.2 Å². The number of imide groups is 1. The molecule has 31 heavy (non-hydrogen) atoms. The Balaban J connectivity index is 1.21. The Morgan fingerprint density at radius 2 is 1.84 bits per heavy atom. The number of hydrogen-bond donors (Lipinski definition) is 2. The maximum Gasteiger partial charge on any atom is 0.233 e. The minimum absolute atomic E-state index is 0.0168. The summed E-state index contributed by atoms with van der Waals surface area (Å²) in [6.45, 7) is 3.30. The normalized spacial score (nSPS) is 27.5. The first-order chi connectivity index (χ1) is 15.0. The van der Waals surface area contributed by atoms with E-state index in [4.69, 9.17) is 9.47 Å². The van der Waals surface area contributed by atoms with E-state index in [0.717, 1.165) is 17.9 Å². The molecule has 0 aromatic heterocycles. The fraction of sp³-hybridized carbons (Fsp3) is 0.522. The summed E-state index contributed by atoms with van der Waals surface area (Å²) < 4.78 is 11.1. The molecule has 1 saturated carbocycles. The van der Waals surface area contributed by atoms with Crippen LogP contribution in [-0.2, 0) is 9.59 Å². The fourth-order valence-electron chi connectivity index (χ4n) is 4.88. The Morgan fingerprint density at radius 3 is 2.48 bits per heavy atom. The van der Waals surface area contributed by atoms with E-state index >= 15 is 0 Å². The maximum absolute atomic E-state index is 12.7. The summed E-state index contributed by atoms with van der Waals surface area (Å²) in [5.41, 5.74) is 0. The monoisotopic (exact) mass is 426 g/mol. The number of benzene rings is 1. The number of carbonyl (C=O) groups is 2. The SMILES string of the molecule is CN=C(NCCN1C(=O)C2C3C=CC(C3)C2C1=O)NCC(C)Oc1cccc(OC)c1. The van der Waals surface area contributed by atoms with Gasteiger partial charge in [-0.25, -0.2) is 0 Å². The molecule has 2 bridgehead atoms. The van der Waals surface area contributed by atoms with Crippen molar-refractivity contribution < 1.29 is 19.1 Å². The molecule has 2 N–H and O–H groups in total. The molecule has 2 amide bonds. The lowest BCUT2D eigenvalue weighted by atomic mass is 9.85. The molecule has 1 aromatic rings. The van der Waals surface area contributed by atoms with Gasteiger partial charge in [0.15, 0.2) is 5.96 Å². The van der Waals surface area contributed by atoms with E-state index in [1.54, 1.807) is 14.2 Å². The van der Waals surface area contributed by atoms with Crippen LogP contribution < -0.4 is 20.1 Å². The molecule has 4 rings (SSSR count). The van der Waals surface area contributed by atoms with Crippen molar-refractivity contribution in [2.45, 2.75) is 19.4 Å². The van der Waals surface area contributed by atoms with Crippen LogP contribution in [0.25, 0.3) is 0 Å². The average Bonchev–Trinajstić information content (AvgIpc) is 3.45. The average molecular weight is 427 g/mol. The highest BCUT2D eigenvalue weighted by molar-refractivity contribution is 6.06. The van der Waals surface area contributed by atoms with Gasteiger partial charge in [0.25, 0.3) is 0 Å². The molecule has 166 valence electrons. The highest BCUT2D eigenvalue weighted by Crippen LogP contribution is 2.52. The first-order valence-electron chi connectivity index (χ1n) is 10.8. The van der Waals surface area contributed by atoms with Crippen LogP contribution in [0.1, 0.15) is 13.3 Å². The topological polar surface area (TPSA) is 92.3 Å². The smallest absolute Gasteiger partial charge is 0.233 e. The number of guanidine groups is 1. The second-order valence-corrected chi connectivity index (χ2v) is 8.32. The maximum atomic E-state index is 12.7. The van der Waals surface area contributed by atoms with Gasteiger partial charge in [-0.15, -0.1) is 0 Å². The zero-order chi connectivity index (χ0) is 22.0. The van der Waals surface area contributed by atoms with Crippen molar-refractivity contribution in [2.24, 2.45) is 28.7 Å². The number of amides is 2. The molecule has 0 radical (unpaired) electrons. The van der Waals surface area contributed by atoms with E-state index in [1.165, 1.54) is 4.90 Å². The Hall–Kier alpha value is -3.03. The van der Waals surface area contributed by atoms with Gasteiger partial charge in [-0.2, -0.15) is 0 Å². The zero-order valence-electron chi connectivity index (χ0n) is 18.2. The molecule has 3 aliphatic rings. The number of rotatable bonds is 8. The van der Waals surface area contributed by atoms with Gasteiger partial charge in [-0.3, -0.25) is 19.5 Å². The Bertz CT molecular complexity index is 869. The van der Waals surface area contributed by atoms with Crippen molar-refractivity contribution in [3.05, 3.63) is 36.4 Å². The minimum atomic E-state index is -0.144. The van der Waals surface area contributed by atoms with Crippen molar-refractivity contribution >= 4 is 17.8 Å². The van der Waals surface area contributed by atoms with Crippen LogP contribution in [0, 0.1) is 23.7 Å². The second-order valence-electron chi connectivity index (χ2n) is 8.32. The number of nitrogens with zero attached hydrogens (tertiary/aromatic N) is 2. The summed E-state index contributed by atoms with van der Waals surface area (Å²) in [7, 11) is 3.30. The van der Waals surface area contributed by atoms with E-state index < -0.39 is 0 Å². The summed E-state index contributed by atoms with van der Waals surface area (Å²) in [5.74, 6) is 2.24. The molecule has 2 fully saturated rings. The largest absolute Gasteiger partial charge is 0.497 e. The molecule has 1 saturated heterocycles. The third kappa shape index (κ3) is 4.24. The van der Waals surface area contributed by atoms with Crippen molar-refractivity contribution in [2.75, 3.05) is 33.8 Å². The fourth-order valence-corrected chi connectivity index (χ4v) is 4.88. The Morgan fingerprint density at radius 1 is 1.16 bits per heavy atom. The number of nitrogens with one attached hydrogen (secondary N) is 2. The minimum Gasteiger partial charge on any atom is -0.497 e. The number of methoxy groups -OCH3 is 1. The molecule has 5 unspecified atom stereocenters. The number of aliphatic imine (C=N–C) groups is 1. The standard InChI is InChI=1S/C23H30N4O4/c1-14(31-18-6-4-5-17(12-18)30-3)13-26-23(24-2)25-9-10-27-21(28)19-15-7-8-16(11-15)20(19)22(27)29/h4-8,12,14-16,19-20H,9-11,13H2,1-3H3,(H2,24,25,26). The van der Waals surface area contributed by atoms with Gasteiger partial charge in [-0.05, 0) is 37.3 Å². The quantitative estimate of drug-likeness (QED) is 0.283. The van der Waals surface area contributed by atoms with Gasteiger partial charge in [0.1, 0.15) is 17.6 Å². The third-order valence-corrected chi connectivity index (χ3v) is 6.35. The number of hydrogen-bond acceptors (Lipinski definition) is 5. The predicted molar refractivity (Wildman–Crippen MR) is 117 cm³/mol. The lowest BCUT2D eigenvalue weighted by molar-refractivity contribution is -0.140. The van der Waals surface area contributed by atoms with Gasteiger partial charge in [0.05, 0.1) is 25.5 Å². The van der Waals surface area contributed by atoms with E-state index in [9.17, 15) is 9.59 Å². The summed E-state index contributed by atoms with van der Waals surface area (Å²) in [5, 5.41) is 6.39. The van der Waals surface area contributed by atoms with E-state index in [2.05, 4.69) is 27.8 Å². The van der Waals surface area contributed by atoms with Crippen LogP contribution in [0.2, 0.25) is 0 Å². The van der Waals surface area contributed by atoms with Crippen LogP contribution in [0.3, 0.4) is 0 Å². The summed E-state index contributed by atoms with van der Waals surface area (Å²) >= 11 is 0. The summed E-state index contributed by atoms with van der Waals surface area (Å²) in [6.07, 6.45) is 5.07. The zero-order valence-corrected chi connectivity index (χ0v) is 18.2. The first-order valence-corrected chi connectivity index (χ1v) is 10.8. The number of likely N-dealkylation sites (tertiary alicyclic amines) is 1. The molecule has 1 aromatic carbocycles.